The molecule has 0 aliphatic heterocycles. The third-order valence-corrected chi connectivity index (χ3v) is 5.12. The average Bonchev–Trinajstić information content (AvgIpc) is 3.00. The van der Waals surface area contributed by atoms with Crippen LogP contribution >= 0.6 is 11.8 Å². The molecule has 0 saturated heterocycles. The molecule has 30 heavy (non-hydrogen) atoms. The fraction of sp³-hybridized carbons (Fsp3) is 0.286. The summed E-state index contributed by atoms with van der Waals surface area (Å²) in [6.45, 7) is 8.35. The number of hydrogen-bond donors (Lipinski definition) is 0. The first-order chi connectivity index (χ1) is 14.6. The lowest BCUT2D eigenvalue weighted by atomic mass is 10.1. The van der Waals surface area contributed by atoms with Gasteiger partial charge in [0.2, 0.25) is 0 Å². The van der Waals surface area contributed by atoms with Gasteiger partial charge in [0, 0.05) is 23.0 Å². The lowest BCUT2D eigenvalue weighted by molar-refractivity contribution is 0.185. The summed E-state index contributed by atoms with van der Waals surface area (Å²) in [5, 5.41) is 0. The smallest absolute Gasteiger partial charge is 0.136 e. The van der Waals surface area contributed by atoms with E-state index in [0.717, 1.165) is 17.7 Å². The summed E-state index contributed by atoms with van der Waals surface area (Å²) in [6.07, 6.45) is 22.9. The Bertz CT molecular complexity index is 852. The van der Waals surface area contributed by atoms with E-state index in [-0.39, 0.29) is 6.10 Å². The average molecular weight is 419 g/mol. The molecule has 1 aliphatic rings. The van der Waals surface area contributed by atoms with E-state index in [1.54, 1.807) is 18.9 Å². The first kappa shape index (κ1) is 25.6. The Morgan fingerprint density at radius 2 is 1.90 bits per heavy atom. The van der Waals surface area contributed by atoms with Crippen molar-refractivity contribution in [3.8, 4) is 11.8 Å². The highest BCUT2D eigenvalue weighted by Crippen LogP contribution is 2.28. The summed E-state index contributed by atoms with van der Waals surface area (Å²) >= 11 is 1.72. The van der Waals surface area contributed by atoms with E-state index < -0.39 is 0 Å². The van der Waals surface area contributed by atoms with Gasteiger partial charge in [-0.25, -0.2) is 0 Å². The molecule has 1 atom stereocenters. The summed E-state index contributed by atoms with van der Waals surface area (Å²) in [5.74, 6) is 6.02. The molecule has 0 amide bonds. The first-order valence-corrected chi connectivity index (χ1v) is 11.2. The fourth-order valence-corrected chi connectivity index (χ4v) is 3.17. The predicted molar refractivity (Wildman–Crippen MR) is 135 cm³/mol. The van der Waals surface area contributed by atoms with Gasteiger partial charge in [0.05, 0.1) is 0 Å². The quantitative estimate of drug-likeness (QED) is 0.312. The van der Waals surface area contributed by atoms with Crippen LogP contribution in [0.1, 0.15) is 39.2 Å². The van der Waals surface area contributed by atoms with Gasteiger partial charge in [-0.2, -0.15) is 0 Å². The second-order valence-electron chi connectivity index (χ2n) is 6.60. The number of hydrogen-bond acceptors (Lipinski definition) is 2. The lowest BCUT2D eigenvalue weighted by Gasteiger charge is -2.02. The van der Waals surface area contributed by atoms with Crippen molar-refractivity contribution in [2.45, 2.75) is 51.5 Å². The second kappa shape index (κ2) is 16.3. The third kappa shape index (κ3) is 11.5. The SMILES string of the molecule is C/C=C\C=C/CC(/C=C\CC)=C/C.COC1C#CC=C(Sc2ccc(C)cc2)C=C1. The lowest BCUT2D eigenvalue weighted by Crippen LogP contribution is -2.01. The summed E-state index contributed by atoms with van der Waals surface area (Å²) in [7, 11) is 1.67. The standard InChI is InChI=1S/C15H14OS.C13H20/c1-12-6-9-15(10-7-12)17-14-5-3-4-13(16-2)8-11-14;1-4-7-9-10-12-13(6-3)11-8-5-2/h5-11,13H,1-2H3;4,6-11H,5,12H2,1-3H3/b;7-4-,10-9-,11-8-,13-6+. The molecule has 2 heteroatoms. The number of thioether (sulfide) groups is 1. The van der Waals surface area contributed by atoms with Gasteiger partial charge < -0.3 is 4.74 Å². The highest BCUT2D eigenvalue weighted by molar-refractivity contribution is 8.03. The van der Waals surface area contributed by atoms with E-state index in [9.17, 15) is 0 Å². The van der Waals surface area contributed by atoms with Crippen molar-refractivity contribution in [2.24, 2.45) is 0 Å². The molecular formula is C28H34OS. The first-order valence-electron chi connectivity index (χ1n) is 10.4. The van der Waals surface area contributed by atoms with E-state index in [1.807, 2.05) is 31.2 Å². The maximum Gasteiger partial charge on any atom is 0.136 e. The van der Waals surface area contributed by atoms with Crippen molar-refractivity contribution in [3.63, 3.8) is 0 Å². The molecule has 2 rings (SSSR count). The second-order valence-corrected chi connectivity index (χ2v) is 7.75. The molecule has 1 unspecified atom stereocenters. The van der Waals surface area contributed by atoms with Crippen molar-refractivity contribution in [1.82, 2.24) is 0 Å². The Morgan fingerprint density at radius 1 is 1.13 bits per heavy atom. The molecule has 1 nitrogen and oxygen atoms in total. The van der Waals surface area contributed by atoms with Gasteiger partial charge in [-0.05, 0) is 63.5 Å². The molecule has 0 bridgehead atoms. The summed E-state index contributed by atoms with van der Waals surface area (Å²) in [5.41, 5.74) is 2.65. The summed E-state index contributed by atoms with van der Waals surface area (Å²) < 4.78 is 5.18. The minimum Gasteiger partial charge on any atom is -0.365 e. The zero-order chi connectivity index (χ0) is 22.0. The molecule has 0 spiro atoms. The molecule has 1 aromatic carbocycles. The van der Waals surface area contributed by atoms with E-state index >= 15 is 0 Å². The maximum absolute atomic E-state index is 5.18. The van der Waals surface area contributed by atoms with Crippen molar-refractivity contribution in [1.29, 1.82) is 0 Å². The van der Waals surface area contributed by atoms with Gasteiger partial charge >= 0.3 is 0 Å². The highest BCUT2D eigenvalue weighted by Gasteiger charge is 2.02. The van der Waals surface area contributed by atoms with Crippen LogP contribution in [-0.4, -0.2) is 13.2 Å². The highest BCUT2D eigenvalue weighted by atomic mass is 32.2. The van der Waals surface area contributed by atoms with E-state index in [2.05, 4.69) is 93.3 Å². The van der Waals surface area contributed by atoms with Gasteiger partial charge in [0.25, 0.3) is 0 Å². The molecule has 0 N–H and O–H groups in total. The van der Waals surface area contributed by atoms with E-state index in [1.165, 1.54) is 16.0 Å². The normalized spacial score (nSPS) is 16.2. The van der Waals surface area contributed by atoms with E-state index in [0.29, 0.717) is 0 Å². The van der Waals surface area contributed by atoms with E-state index in [4.69, 9.17) is 4.74 Å². The Kier molecular flexibility index (Phi) is 13.9. The largest absolute Gasteiger partial charge is 0.365 e. The number of benzene rings is 1. The minimum absolute atomic E-state index is 0.0950. The Balaban J connectivity index is 0.000000314. The van der Waals surface area contributed by atoms with Gasteiger partial charge in [-0.1, -0.05) is 90.8 Å². The van der Waals surface area contributed by atoms with Crippen molar-refractivity contribution in [2.75, 3.05) is 7.11 Å². The third-order valence-electron chi connectivity index (χ3n) is 4.12. The van der Waals surface area contributed by atoms with Gasteiger partial charge in [-0.3, -0.25) is 0 Å². The van der Waals surface area contributed by atoms with Crippen molar-refractivity contribution >= 4 is 11.8 Å². The summed E-state index contributed by atoms with van der Waals surface area (Å²) in [6, 6.07) is 8.49. The van der Waals surface area contributed by atoms with Crippen LogP contribution in [0.25, 0.3) is 0 Å². The predicted octanol–water partition coefficient (Wildman–Crippen LogP) is 7.98. The topological polar surface area (TPSA) is 9.23 Å². The number of ether oxygens (including phenoxy) is 1. The Hall–Kier alpha value is -2.47. The van der Waals surface area contributed by atoms with Crippen LogP contribution in [0.3, 0.4) is 0 Å². The van der Waals surface area contributed by atoms with Crippen LogP contribution in [0, 0.1) is 18.8 Å². The molecule has 0 radical (unpaired) electrons. The van der Waals surface area contributed by atoms with Crippen molar-refractivity contribution < 1.29 is 4.74 Å². The van der Waals surface area contributed by atoms with Crippen LogP contribution in [0.15, 0.2) is 100 Å². The van der Waals surface area contributed by atoms with Crippen LogP contribution in [0.2, 0.25) is 0 Å². The molecule has 1 aromatic rings. The molecule has 0 heterocycles. The van der Waals surface area contributed by atoms with Gasteiger partial charge in [-0.15, -0.1) is 0 Å². The molecule has 0 saturated carbocycles. The number of rotatable bonds is 8. The number of methoxy groups -OCH3 is 1. The molecule has 158 valence electrons. The fourth-order valence-electron chi connectivity index (χ4n) is 2.36. The monoisotopic (exact) mass is 418 g/mol. The number of aryl methyl sites for hydroxylation is 1. The summed E-state index contributed by atoms with van der Waals surface area (Å²) in [4.78, 5) is 2.37. The van der Waals surface area contributed by atoms with Crippen LogP contribution < -0.4 is 0 Å². The van der Waals surface area contributed by atoms with Crippen LogP contribution in [-0.2, 0) is 4.74 Å². The minimum atomic E-state index is -0.0950. The molecular weight excluding hydrogens is 384 g/mol. The zero-order valence-electron chi connectivity index (χ0n) is 18.9. The maximum atomic E-state index is 5.18. The van der Waals surface area contributed by atoms with Gasteiger partial charge in [0.15, 0.2) is 0 Å². The van der Waals surface area contributed by atoms with Crippen molar-refractivity contribution in [3.05, 3.63) is 101 Å². The molecule has 1 aliphatic carbocycles. The Labute approximate surface area is 188 Å². The molecule has 0 aromatic heterocycles. The molecule has 0 fully saturated rings. The van der Waals surface area contributed by atoms with Gasteiger partial charge in [0.1, 0.15) is 6.10 Å². The Morgan fingerprint density at radius 3 is 2.53 bits per heavy atom. The number of allylic oxidation sites excluding steroid dienone is 10. The van der Waals surface area contributed by atoms with Crippen LogP contribution in [0.5, 0.6) is 0 Å². The van der Waals surface area contributed by atoms with Crippen LogP contribution in [0.4, 0.5) is 0 Å². The zero-order valence-corrected chi connectivity index (χ0v) is 19.7.